The van der Waals surface area contributed by atoms with Crippen LogP contribution in [0.15, 0.2) is 18.5 Å². The van der Waals surface area contributed by atoms with Crippen LogP contribution < -0.4 is 0 Å². The van der Waals surface area contributed by atoms with E-state index in [0.29, 0.717) is 12.3 Å². The summed E-state index contributed by atoms with van der Waals surface area (Å²) in [5, 5.41) is 0. The molecule has 0 aliphatic heterocycles. The zero-order chi connectivity index (χ0) is 10.8. The molecule has 0 spiro atoms. The zero-order valence-corrected chi connectivity index (χ0v) is 8.60. The van der Waals surface area contributed by atoms with Gasteiger partial charge in [-0.25, -0.2) is 14.8 Å². The van der Waals surface area contributed by atoms with Crippen molar-refractivity contribution in [2.45, 2.75) is 13.8 Å². The quantitative estimate of drug-likeness (QED) is 0.691. The average Bonchev–Trinajstić information content (AvgIpc) is 2.58. The van der Waals surface area contributed by atoms with E-state index in [9.17, 15) is 4.79 Å². The highest BCUT2D eigenvalue weighted by Crippen LogP contribution is 2.10. The number of carbonyl (C=O) groups excluding carboxylic acids is 1. The van der Waals surface area contributed by atoms with Crippen LogP contribution in [0.3, 0.4) is 0 Å². The second kappa shape index (κ2) is 3.68. The average molecular weight is 205 g/mol. The van der Waals surface area contributed by atoms with E-state index < -0.39 is 5.97 Å². The molecule has 2 aromatic rings. The van der Waals surface area contributed by atoms with Gasteiger partial charge in [0.25, 0.3) is 0 Å². The van der Waals surface area contributed by atoms with Crippen LogP contribution in [0.25, 0.3) is 5.65 Å². The number of carbonyl (C=O) groups is 1. The van der Waals surface area contributed by atoms with E-state index in [1.54, 1.807) is 23.6 Å². The number of aryl methyl sites for hydroxylation is 1. The van der Waals surface area contributed by atoms with E-state index in [1.165, 1.54) is 0 Å². The largest absolute Gasteiger partial charge is 0.461 e. The third-order valence-electron chi connectivity index (χ3n) is 2.05. The van der Waals surface area contributed by atoms with Gasteiger partial charge in [-0.15, -0.1) is 0 Å². The molecule has 78 valence electrons. The van der Waals surface area contributed by atoms with Gasteiger partial charge in [-0.2, -0.15) is 0 Å². The monoisotopic (exact) mass is 205 g/mol. The van der Waals surface area contributed by atoms with Crippen LogP contribution in [-0.4, -0.2) is 26.9 Å². The van der Waals surface area contributed by atoms with Crippen molar-refractivity contribution in [2.24, 2.45) is 0 Å². The second-order valence-corrected chi connectivity index (χ2v) is 3.04. The van der Waals surface area contributed by atoms with E-state index in [0.717, 1.165) is 5.82 Å². The molecule has 0 fully saturated rings. The Balaban J connectivity index is 2.57. The molecule has 0 atom stereocenters. The Labute approximate surface area is 86.7 Å². The summed E-state index contributed by atoms with van der Waals surface area (Å²) < 4.78 is 6.65. The third kappa shape index (κ3) is 1.56. The minimum atomic E-state index is -0.429. The molecule has 15 heavy (non-hydrogen) atoms. The van der Waals surface area contributed by atoms with Crippen molar-refractivity contribution in [2.75, 3.05) is 6.61 Å². The summed E-state index contributed by atoms with van der Waals surface area (Å²) in [6, 6.07) is 1.79. The maximum Gasteiger partial charge on any atom is 0.360 e. The normalized spacial score (nSPS) is 10.5. The summed E-state index contributed by atoms with van der Waals surface area (Å²) in [6.07, 6.45) is 3.44. The Kier molecular flexibility index (Phi) is 2.37. The number of ether oxygens (including phenoxy) is 1. The lowest BCUT2D eigenvalue weighted by Crippen LogP contribution is -2.06. The standard InChI is InChI=1S/C10H11N3O2/c1-3-15-10(14)8-9-11-5-4-6-13(9)7(2)12-8/h4-6H,3H2,1-2H3. The van der Waals surface area contributed by atoms with Crippen LogP contribution in [0.5, 0.6) is 0 Å². The Morgan fingerprint density at radius 2 is 2.40 bits per heavy atom. The van der Waals surface area contributed by atoms with Crippen molar-refractivity contribution in [3.8, 4) is 0 Å². The second-order valence-electron chi connectivity index (χ2n) is 3.04. The van der Waals surface area contributed by atoms with Crippen molar-refractivity contribution >= 4 is 11.6 Å². The van der Waals surface area contributed by atoms with Gasteiger partial charge < -0.3 is 4.74 Å². The fourth-order valence-corrected chi connectivity index (χ4v) is 1.41. The lowest BCUT2D eigenvalue weighted by molar-refractivity contribution is 0.0522. The maximum atomic E-state index is 11.5. The molecule has 0 saturated heterocycles. The van der Waals surface area contributed by atoms with Gasteiger partial charge in [-0.05, 0) is 19.9 Å². The Morgan fingerprint density at radius 3 is 3.13 bits per heavy atom. The van der Waals surface area contributed by atoms with E-state index in [2.05, 4.69) is 9.97 Å². The lowest BCUT2D eigenvalue weighted by Gasteiger charge is -1.97. The Morgan fingerprint density at radius 1 is 1.60 bits per heavy atom. The highest BCUT2D eigenvalue weighted by Gasteiger charge is 2.17. The first-order valence-corrected chi connectivity index (χ1v) is 4.71. The van der Waals surface area contributed by atoms with Crippen molar-refractivity contribution in [3.63, 3.8) is 0 Å². The highest BCUT2D eigenvalue weighted by molar-refractivity contribution is 5.93. The first-order chi connectivity index (χ1) is 7.24. The number of imidazole rings is 1. The summed E-state index contributed by atoms with van der Waals surface area (Å²) in [5.41, 5.74) is 0.809. The molecule has 0 amide bonds. The predicted molar refractivity (Wildman–Crippen MR) is 53.7 cm³/mol. The number of aromatic nitrogens is 3. The van der Waals surface area contributed by atoms with Crippen molar-refractivity contribution in [1.82, 2.24) is 14.4 Å². The van der Waals surface area contributed by atoms with Crippen LogP contribution in [0, 0.1) is 6.92 Å². The molecule has 0 N–H and O–H groups in total. The van der Waals surface area contributed by atoms with Gasteiger partial charge in [-0.1, -0.05) is 0 Å². The number of fused-ring (bicyclic) bond motifs is 1. The molecule has 0 aliphatic carbocycles. The minimum absolute atomic E-state index is 0.273. The molecule has 0 saturated carbocycles. The van der Waals surface area contributed by atoms with Crippen LogP contribution in [-0.2, 0) is 4.74 Å². The molecule has 2 aromatic heterocycles. The smallest absolute Gasteiger partial charge is 0.360 e. The molecule has 2 heterocycles. The molecule has 0 unspecified atom stereocenters. The fraction of sp³-hybridized carbons (Fsp3) is 0.300. The van der Waals surface area contributed by atoms with Gasteiger partial charge in [0.15, 0.2) is 11.3 Å². The van der Waals surface area contributed by atoms with Crippen molar-refractivity contribution in [1.29, 1.82) is 0 Å². The van der Waals surface area contributed by atoms with Gasteiger partial charge in [0.1, 0.15) is 5.82 Å². The molecule has 0 bridgehead atoms. The maximum absolute atomic E-state index is 11.5. The van der Waals surface area contributed by atoms with Crippen LogP contribution in [0.1, 0.15) is 23.2 Å². The van der Waals surface area contributed by atoms with E-state index in [1.807, 2.05) is 13.1 Å². The number of hydrogen-bond acceptors (Lipinski definition) is 4. The van der Waals surface area contributed by atoms with Gasteiger partial charge in [0.2, 0.25) is 0 Å². The molecule has 0 radical (unpaired) electrons. The zero-order valence-electron chi connectivity index (χ0n) is 8.60. The topological polar surface area (TPSA) is 56.5 Å². The predicted octanol–water partition coefficient (Wildman–Crippen LogP) is 1.21. The number of esters is 1. The first kappa shape index (κ1) is 9.64. The van der Waals surface area contributed by atoms with Gasteiger partial charge in [0.05, 0.1) is 6.61 Å². The molecule has 5 nitrogen and oxygen atoms in total. The molecule has 0 aliphatic rings. The van der Waals surface area contributed by atoms with Crippen LogP contribution in [0.4, 0.5) is 0 Å². The van der Waals surface area contributed by atoms with Gasteiger partial charge in [-0.3, -0.25) is 4.40 Å². The SMILES string of the molecule is CCOC(=O)c1nc(C)n2cccnc12. The third-order valence-corrected chi connectivity index (χ3v) is 2.05. The molecule has 0 aromatic carbocycles. The first-order valence-electron chi connectivity index (χ1n) is 4.71. The summed E-state index contributed by atoms with van der Waals surface area (Å²) in [5.74, 6) is 0.294. The highest BCUT2D eigenvalue weighted by atomic mass is 16.5. The summed E-state index contributed by atoms with van der Waals surface area (Å²) >= 11 is 0. The Hall–Kier alpha value is -1.91. The summed E-state index contributed by atoms with van der Waals surface area (Å²) in [6.45, 7) is 3.91. The number of nitrogens with zero attached hydrogens (tertiary/aromatic N) is 3. The molecule has 2 rings (SSSR count). The molecular weight excluding hydrogens is 194 g/mol. The number of rotatable bonds is 2. The van der Waals surface area contributed by atoms with Crippen LogP contribution >= 0.6 is 0 Å². The Bertz CT molecular complexity index is 504. The van der Waals surface area contributed by atoms with E-state index in [4.69, 9.17) is 4.74 Å². The van der Waals surface area contributed by atoms with Crippen LogP contribution in [0.2, 0.25) is 0 Å². The number of hydrogen-bond donors (Lipinski definition) is 0. The minimum Gasteiger partial charge on any atom is -0.461 e. The lowest BCUT2D eigenvalue weighted by atomic mass is 10.4. The van der Waals surface area contributed by atoms with E-state index >= 15 is 0 Å². The van der Waals surface area contributed by atoms with Crippen molar-refractivity contribution < 1.29 is 9.53 Å². The summed E-state index contributed by atoms with van der Waals surface area (Å²) in [4.78, 5) is 19.8. The van der Waals surface area contributed by atoms with Crippen molar-refractivity contribution in [3.05, 3.63) is 30.0 Å². The van der Waals surface area contributed by atoms with E-state index in [-0.39, 0.29) is 5.69 Å². The molecular formula is C10H11N3O2. The summed E-state index contributed by atoms with van der Waals surface area (Å²) in [7, 11) is 0. The van der Waals surface area contributed by atoms with Gasteiger partial charge in [0, 0.05) is 12.4 Å². The van der Waals surface area contributed by atoms with Gasteiger partial charge >= 0.3 is 5.97 Å². The fourth-order valence-electron chi connectivity index (χ4n) is 1.41. The molecule has 5 heteroatoms.